The predicted octanol–water partition coefficient (Wildman–Crippen LogP) is 6.60. The van der Waals surface area contributed by atoms with Gasteiger partial charge in [0.1, 0.15) is 0 Å². The minimum absolute atomic E-state index is 0. The summed E-state index contributed by atoms with van der Waals surface area (Å²) in [5.41, 5.74) is 1.50. The molecule has 2 heteroatoms. The summed E-state index contributed by atoms with van der Waals surface area (Å²) in [7, 11) is 3.04. The first kappa shape index (κ1) is 19.9. The Balaban J connectivity index is 0.00000361. The van der Waals surface area contributed by atoms with Gasteiger partial charge in [0, 0.05) is 0 Å². The molecule has 0 saturated carbocycles. The smallest absolute Gasteiger partial charge is 0.00761 e. The molecule has 0 aliphatic carbocycles. The standard InChI is InChI=1S/C18H31P.ClH/c1-4-5-6-7-8-12-15-17(18(2,3)19)16-13-10-9-11-14-16;/h9-11,13-14,17H,4-8,12,15,19H2,1-3H3;1H. The van der Waals surface area contributed by atoms with Crippen LogP contribution in [0.5, 0.6) is 0 Å². The summed E-state index contributed by atoms with van der Waals surface area (Å²) in [5.74, 6) is 0.657. The summed E-state index contributed by atoms with van der Waals surface area (Å²) >= 11 is 0. The maximum Gasteiger partial charge on any atom is -0.00761 e. The highest BCUT2D eigenvalue weighted by Gasteiger charge is 2.25. The van der Waals surface area contributed by atoms with E-state index in [1.54, 1.807) is 0 Å². The largest absolute Gasteiger partial charge is 0.147 e. The van der Waals surface area contributed by atoms with Gasteiger partial charge in [-0.15, -0.1) is 21.6 Å². The highest BCUT2D eigenvalue weighted by Crippen LogP contribution is 2.39. The van der Waals surface area contributed by atoms with Crippen LogP contribution in [0.4, 0.5) is 0 Å². The fraction of sp³-hybridized carbons (Fsp3) is 0.667. The first-order valence-electron chi connectivity index (χ1n) is 7.89. The van der Waals surface area contributed by atoms with Gasteiger partial charge in [0.15, 0.2) is 0 Å². The zero-order valence-electron chi connectivity index (χ0n) is 13.4. The number of hydrogen-bond donors (Lipinski definition) is 0. The van der Waals surface area contributed by atoms with E-state index in [1.807, 2.05) is 0 Å². The lowest BCUT2D eigenvalue weighted by atomic mass is 9.83. The number of benzene rings is 1. The molecule has 1 aromatic carbocycles. The monoisotopic (exact) mass is 314 g/mol. The van der Waals surface area contributed by atoms with E-state index in [0.29, 0.717) is 5.92 Å². The van der Waals surface area contributed by atoms with Crippen molar-refractivity contribution in [2.75, 3.05) is 0 Å². The highest BCUT2D eigenvalue weighted by molar-refractivity contribution is 7.18. The Morgan fingerprint density at radius 3 is 2.05 bits per heavy atom. The summed E-state index contributed by atoms with van der Waals surface area (Å²) < 4.78 is 0. The molecular formula is C18H32ClP. The SMILES string of the molecule is CCCCCCCCC(c1ccccc1)C(C)(C)P.Cl. The van der Waals surface area contributed by atoms with Gasteiger partial charge in [0.05, 0.1) is 0 Å². The summed E-state index contributed by atoms with van der Waals surface area (Å²) in [6.45, 7) is 6.96. The Morgan fingerprint density at radius 2 is 1.50 bits per heavy atom. The van der Waals surface area contributed by atoms with Gasteiger partial charge < -0.3 is 0 Å². The minimum Gasteiger partial charge on any atom is -0.147 e. The van der Waals surface area contributed by atoms with E-state index in [1.165, 1.54) is 50.5 Å². The van der Waals surface area contributed by atoms with Crippen molar-refractivity contribution in [3.8, 4) is 0 Å². The molecule has 20 heavy (non-hydrogen) atoms. The summed E-state index contributed by atoms with van der Waals surface area (Å²) in [4.78, 5) is 0. The van der Waals surface area contributed by atoms with Crippen molar-refractivity contribution in [3.05, 3.63) is 35.9 Å². The Bertz CT molecular complexity index is 329. The van der Waals surface area contributed by atoms with Crippen LogP contribution < -0.4 is 0 Å². The molecule has 116 valence electrons. The second kappa shape index (κ2) is 10.6. The number of unbranched alkanes of at least 4 members (excludes halogenated alkanes) is 5. The van der Waals surface area contributed by atoms with E-state index < -0.39 is 0 Å². The molecule has 0 aliphatic heterocycles. The maximum absolute atomic E-state index is 3.04. The summed E-state index contributed by atoms with van der Waals surface area (Å²) in [6, 6.07) is 11.0. The lowest BCUT2D eigenvalue weighted by molar-refractivity contribution is 0.473. The van der Waals surface area contributed by atoms with Crippen LogP contribution in [-0.4, -0.2) is 5.16 Å². The van der Waals surface area contributed by atoms with Crippen molar-refractivity contribution in [2.45, 2.75) is 76.8 Å². The second-order valence-corrected chi connectivity index (χ2v) is 7.83. The molecule has 0 radical (unpaired) electrons. The van der Waals surface area contributed by atoms with E-state index in [-0.39, 0.29) is 17.6 Å². The Labute approximate surface area is 134 Å². The molecule has 0 nitrogen and oxygen atoms in total. The van der Waals surface area contributed by atoms with E-state index in [0.717, 1.165) is 0 Å². The third-order valence-corrected chi connectivity index (χ3v) is 4.35. The number of hydrogen-bond acceptors (Lipinski definition) is 0. The molecule has 0 fully saturated rings. The topological polar surface area (TPSA) is 0 Å². The van der Waals surface area contributed by atoms with Crippen LogP contribution in [0, 0.1) is 0 Å². The van der Waals surface area contributed by atoms with Crippen LogP contribution in [0.2, 0.25) is 0 Å². The fourth-order valence-corrected chi connectivity index (χ4v) is 3.14. The molecule has 0 heterocycles. The van der Waals surface area contributed by atoms with Crippen molar-refractivity contribution in [2.24, 2.45) is 0 Å². The van der Waals surface area contributed by atoms with E-state index in [4.69, 9.17) is 0 Å². The lowest BCUT2D eigenvalue weighted by Gasteiger charge is -2.31. The van der Waals surface area contributed by atoms with Gasteiger partial charge >= 0.3 is 0 Å². The molecule has 2 atom stereocenters. The molecule has 1 rings (SSSR count). The van der Waals surface area contributed by atoms with Crippen LogP contribution in [-0.2, 0) is 0 Å². The average molecular weight is 315 g/mol. The highest BCUT2D eigenvalue weighted by atomic mass is 35.5. The van der Waals surface area contributed by atoms with Crippen LogP contribution >= 0.6 is 21.6 Å². The molecular weight excluding hydrogens is 283 g/mol. The summed E-state index contributed by atoms with van der Waals surface area (Å²) in [6.07, 6.45) is 9.63. The van der Waals surface area contributed by atoms with Gasteiger partial charge in [-0.3, -0.25) is 0 Å². The van der Waals surface area contributed by atoms with Gasteiger partial charge in [0.2, 0.25) is 0 Å². The first-order chi connectivity index (χ1) is 9.05. The zero-order valence-corrected chi connectivity index (χ0v) is 15.4. The molecule has 2 unspecified atom stereocenters. The van der Waals surface area contributed by atoms with Crippen molar-refractivity contribution >= 4 is 21.6 Å². The van der Waals surface area contributed by atoms with Crippen LogP contribution in [0.25, 0.3) is 0 Å². The van der Waals surface area contributed by atoms with Crippen molar-refractivity contribution in [3.63, 3.8) is 0 Å². The second-order valence-electron chi connectivity index (χ2n) is 6.34. The number of rotatable bonds is 9. The van der Waals surface area contributed by atoms with Crippen LogP contribution in [0.1, 0.15) is 77.2 Å². The molecule has 0 N–H and O–H groups in total. The van der Waals surface area contributed by atoms with Gasteiger partial charge in [-0.1, -0.05) is 89.6 Å². The first-order valence-corrected chi connectivity index (χ1v) is 8.47. The maximum atomic E-state index is 3.04. The van der Waals surface area contributed by atoms with E-state index in [2.05, 4.69) is 60.3 Å². The Morgan fingerprint density at radius 1 is 0.950 bits per heavy atom. The van der Waals surface area contributed by atoms with Crippen molar-refractivity contribution in [1.29, 1.82) is 0 Å². The normalized spacial score (nSPS) is 12.8. The summed E-state index contributed by atoms with van der Waals surface area (Å²) in [5, 5.41) is 0.283. The molecule has 0 aromatic heterocycles. The minimum atomic E-state index is 0. The van der Waals surface area contributed by atoms with Gasteiger partial charge in [-0.05, 0) is 23.1 Å². The van der Waals surface area contributed by atoms with Crippen LogP contribution in [0.15, 0.2) is 30.3 Å². The molecule has 0 spiro atoms. The molecule has 1 aromatic rings. The predicted molar refractivity (Wildman–Crippen MR) is 98.2 cm³/mol. The van der Waals surface area contributed by atoms with Gasteiger partial charge in [-0.25, -0.2) is 0 Å². The van der Waals surface area contributed by atoms with Crippen molar-refractivity contribution < 1.29 is 0 Å². The average Bonchev–Trinajstić information content (AvgIpc) is 2.37. The van der Waals surface area contributed by atoms with E-state index in [9.17, 15) is 0 Å². The van der Waals surface area contributed by atoms with Gasteiger partial charge in [0.25, 0.3) is 0 Å². The zero-order chi connectivity index (χ0) is 14.1. The quantitative estimate of drug-likeness (QED) is 0.356. The molecule has 0 bridgehead atoms. The lowest BCUT2D eigenvalue weighted by Crippen LogP contribution is -2.22. The molecule has 0 amide bonds. The third kappa shape index (κ3) is 7.65. The Hall–Kier alpha value is -0.0600. The molecule has 0 saturated heterocycles. The number of halogens is 1. The Kier molecular flexibility index (Phi) is 10.6. The van der Waals surface area contributed by atoms with Gasteiger partial charge in [-0.2, -0.15) is 0 Å². The van der Waals surface area contributed by atoms with Crippen molar-refractivity contribution in [1.82, 2.24) is 0 Å². The molecule has 0 aliphatic rings. The third-order valence-electron chi connectivity index (χ3n) is 3.95. The van der Waals surface area contributed by atoms with Crippen LogP contribution in [0.3, 0.4) is 0 Å². The van der Waals surface area contributed by atoms with E-state index >= 15 is 0 Å². The fourth-order valence-electron chi connectivity index (χ4n) is 2.78.